The second kappa shape index (κ2) is 5.43. The molecule has 106 valence electrons. The van der Waals surface area contributed by atoms with Crippen LogP contribution < -0.4 is 5.32 Å². The summed E-state index contributed by atoms with van der Waals surface area (Å²) in [6, 6.07) is 10.8. The first-order valence-corrected chi connectivity index (χ1v) is 7.14. The molecular formula is C16H12Cl2N2O. The predicted octanol–water partition coefficient (Wildman–Crippen LogP) is 5.04. The maximum Gasteiger partial charge on any atom is 0.257 e. The summed E-state index contributed by atoms with van der Waals surface area (Å²) >= 11 is 12.1. The van der Waals surface area contributed by atoms with Gasteiger partial charge in [-0.1, -0.05) is 29.3 Å². The zero-order valence-electron chi connectivity index (χ0n) is 11.2. The van der Waals surface area contributed by atoms with Crippen LogP contribution in [-0.2, 0) is 0 Å². The average Bonchev–Trinajstić information content (AvgIpc) is 2.86. The van der Waals surface area contributed by atoms with Crippen molar-refractivity contribution in [3.05, 3.63) is 63.8 Å². The van der Waals surface area contributed by atoms with Crippen LogP contribution in [0, 0.1) is 6.92 Å². The van der Waals surface area contributed by atoms with E-state index in [9.17, 15) is 4.79 Å². The lowest BCUT2D eigenvalue weighted by molar-refractivity contribution is 0.102. The van der Waals surface area contributed by atoms with Crippen LogP contribution in [0.4, 0.5) is 5.69 Å². The molecule has 0 aliphatic heterocycles. The number of anilines is 1. The van der Waals surface area contributed by atoms with Gasteiger partial charge in [-0.3, -0.25) is 4.79 Å². The number of benzene rings is 2. The molecule has 3 aromatic rings. The van der Waals surface area contributed by atoms with E-state index >= 15 is 0 Å². The Morgan fingerprint density at radius 3 is 2.71 bits per heavy atom. The van der Waals surface area contributed by atoms with Gasteiger partial charge in [-0.05, 0) is 42.8 Å². The summed E-state index contributed by atoms with van der Waals surface area (Å²) in [5.74, 6) is -0.205. The summed E-state index contributed by atoms with van der Waals surface area (Å²) < 4.78 is 0. The highest BCUT2D eigenvalue weighted by atomic mass is 35.5. The molecule has 0 fully saturated rings. The molecule has 0 aliphatic carbocycles. The SMILES string of the molecule is Cc1ccc(NC(=O)c2c[nH]c3ccc(Cl)cc23)cc1Cl. The number of halogens is 2. The number of fused-ring (bicyclic) bond motifs is 1. The molecule has 1 heterocycles. The molecule has 1 amide bonds. The number of aryl methyl sites for hydroxylation is 1. The number of hydrogen-bond acceptors (Lipinski definition) is 1. The van der Waals surface area contributed by atoms with Gasteiger partial charge in [0.1, 0.15) is 0 Å². The molecule has 0 unspecified atom stereocenters. The Morgan fingerprint density at radius 1 is 1.14 bits per heavy atom. The van der Waals surface area contributed by atoms with E-state index in [1.165, 1.54) is 0 Å². The molecule has 2 aromatic carbocycles. The van der Waals surface area contributed by atoms with Gasteiger partial charge in [-0.25, -0.2) is 0 Å². The Labute approximate surface area is 131 Å². The molecular weight excluding hydrogens is 307 g/mol. The zero-order chi connectivity index (χ0) is 15.0. The number of rotatable bonds is 2. The smallest absolute Gasteiger partial charge is 0.257 e. The monoisotopic (exact) mass is 318 g/mol. The largest absolute Gasteiger partial charge is 0.360 e. The van der Waals surface area contributed by atoms with Crippen LogP contribution in [0.2, 0.25) is 10.0 Å². The standard InChI is InChI=1S/C16H12Cl2N2O/c1-9-2-4-11(7-14(9)18)20-16(21)13-8-19-15-5-3-10(17)6-12(13)15/h2-8,19H,1H3,(H,20,21). The van der Waals surface area contributed by atoms with E-state index in [-0.39, 0.29) is 5.91 Å². The van der Waals surface area contributed by atoms with Crippen LogP contribution in [0.25, 0.3) is 10.9 Å². The van der Waals surface area contributed by atoms with E-state index in [0.717, 1.165) is 16.5 Å². The third-order valence-corrected chi connectivity index (χ3v) is 3.96. The van der Waals surface area contributed by atoms with Crippen molar-refractivity contribution in [2.75, 3.05) is 5.32 Å². The number of hydrogen-bond donors (Lipinski definition) is 2. The Bertz CT molecular complexity index is 839. The minimum absolute atomic E-state index is 0.205. The zero-order valence-corrected chi connectivity index (χ0v) is 12.7. The van der Waals surface area contributed by atoms with E-state index < -0.39 is 0 Å². The molecule has 0 aliphatic rings. The molecule has 21 heavy (non-hydrogen) atoms. The van der Waals surface area contributed by atoms with E-state index in [2.05, 4.69) is 10.3 Å². The van der Waals surface area contributed by atoms with Gasteiger partial charge in [0.2, 0.25) is 0 Å². The Kier molecular flexibility index (Phi) is 3.62. The number of aromatic amines is 1. The van der Waals surface area contributed by atoms with Crippen molar-refractivity contribution < 1.29 is 4.79 Å². The Morgan fingerprint density at radius 2 is 1.95 bits per heavy atom. The van der Waals surface area contributed by atoms with Crippen LogP contribution in [0.3, 0.4) is 0 Å². The number of amides is 1. The van der Waals surface area contributed by atoms with Crippen LogP contribution in [0.1, 0.15) is 15.9 Å². The van der Waals surface area contributed by atoms with Gasteiger partial charge in [-0.15, -0.1) is 0 Å². The lowest BCUT2D eigenvalue weighted by Gasteiger charge is -2.06. The van der Waals surface area contributed by atoms with Crippen molar-refractivity contribution >= 4 is 45.7 Å². The Hall–Kier alpha value is -1.97. The molecule has 0 atom stereocenters. The van der Waals surface area contributed by atoms with Gasteiger partial charge in [0.05, 0.1) is 5.56 Å². The molecule has 0 saturated heterocycles. The summed E-state index contributed by atoms with van der Waals surface area (Å²) in [6.07, 6.45) is 1.67. The minimum Gasteiger partial charge on any atom is -0.360 e. The van der Waals surface area contributed by atoms with Crippen LogP contribution in [0.5, 0.6) is 0 Å². The molecule has 1 aromatic heterocycles. The van der Waals surface area contributed by atoms with Crippen LogP contribution in [-0.4, -0.2) is 10.9 Å². The maximum absolute atomic E-state index is 12.4. The van der Waals surface area contributed by atoms with Crippen molar-refractivity contribution in [2.45, 2.75) is 6.92 Å². The lowest BCUT2D eigenvalue weighted by atomic mass is 10.1. The average molecular weight is 319 g/mol. The predicted molar refractivity (Wildman–Crippen MR) is 87.5 cm³/mol. The van der Waals surface area contributed by atoms with E-state index in [4.69, 9.17) is 23.2 Å². The number of aromatic nitrogens is 1. The highest BCUT2D eigenvalue weighted by molar-refractivity contribution is 6.32. The topological polar surface area (TPSA) is 44.9 Å². The van der Waals surface area contributed by atoms with Crippen molar-refractivity contribution in [3.63, 3.8) is 0 Å². The third-order valence-electron chi connectivity index (χ3n) is 3.32. The second-order valence-corrected chi connectivity index (χ2v) is 5.65. The number of carbonyl (C=O) groups is 1. The van der Waals surface area contributed by atoms with Gasteiger partial charge < -0.3 is 10.3 Å². The van der Waals surface area contributed by atoms with Crippen molar-refractivity contribution in [1.82, 2.24) is 4.98 Å². The molecule has 3 nitrogen and oxygen atoms in total. The van der Waals surface area contributed by atoms with Crippen LogP contribution >= 0.6 is 23.2 Å². The number of H-pyrrole nitrogens is 1. The molecule has 0 radical (unpaired) electrons. The second-order valence-electron chi connectivity index (χ2n) is 4.81. The summed E-state index contributed by atoms with van der Waals surface area (Å²) in [4.78, 5) is 15.4. The first-order chi connectivity index (χ1) is 10.0. The third kappa shape index (κ3) is 2.75. The molecule has 2 N–H and O–H groups in total. The molecule has 0 spiro atoms. The normalized spacial score (nSPS) is 10.8. The Balaban J connectivity index is 1.93. The summed E-state index contributed by atoms with van der Waals surface area (Å²) in [6.45, 7) is 1.91. The van der Waals surface area contributed by atoms with E-state index in [1.54, 1.807) is 24.4 Å². The molecule has 0 bridgehead atoms. The van der Waals surface area contributed by atoms with Gasteiger partial charge in [-0.2, -0.15) is 0 Å². The molecule has 0 saturated carbocycles. The van der Waals surface area contributed by atoms with Gasteiger partial charge in [0.15, 0.2) is 0 Å². The first-order valence-electron chi connectivity index (χ1n) is 6.39. The number of carbonyl (C=O) groups excluding carboxylic acids is 1. The maximum atomic E-state index is 12.4. The fourth-order valence-electron chi connectivity index (χ4n) is 2.15. The van der Waals surface area contributed by atoms with Crippen molar-refractivity contribution in [1.29, 1.82) is 0 Å². The molecule has 5 heteroatoms. The van der Waals surface area contributed by atoms with Crippen LogP contribution in [0.15, 0.2) is 42.6 Å². The van der Waals surface area contributed by atoms with E-state index in [0.29, 0.717) is 21.3 Å². The summed E-state index contributed by atoms with van der Waals surface area (Å²) in [7, 11) is 0. The number of nitrogens with one attached hydrogen (secondary N) is 2. The fourth-order valence-corrected chi connectivity index (χ4v) is 2.50. The van der Waals surface area contributed by atoms with Crippen molar-refractivity contribution in [3.8, 4) is 0 Å². The molecule has 3 rings (SSSR count). The highest BCUT2D eigenvalue weighted by Gasteiger charge is 2.13. The van der Waals surface area contributed by atoms with E-state index in [1.807, 2.05) is 25.1 Å². The fraction of sp³-hybridized carbons (Fsp3) is 0.0625. The first kappa shape index (κ1) is 14.0. The van der Waals surface area contributed by atoms with Crippen molar-refractivity contribution in [2.24, 2.45) is 0 Å². The van der Waals surface area contributed by atoms with Gasteiger partial charge in [0, 0.05) is 32.8 Å². The quantitative estimate of drug-likeness (QED) is 0.683. The van der Waals surface area contributed by atoms with Gasteiger partial charge >= 0.3 is 0 Å². The minimum atomic E-state index is -0.205. The highest BCUT2D eigenvalue weighted by Crippen LogP contribution is 2.24. The van der Waals surface area contributed by atoms with Gasteiger partial charge in [0.25, 0.3) is 5.91 Å². The lowest BCUT2D eigenvalue weighted by Crippen LogP contribution is -2.11. The summed E-state index contributed by atoms with van der Waals surface area (Å²) in [5.41, 5.74) is 3.04. The summed E-state index contributed by atoms with van der Waals surface area (Å²) in [5, 5.41) is 4.84.